The molecule has 1 fully saturated rings. The number of piperazine rings is 1. The molecule has 1 aliphatic heterocycles. The third kappa shape index (κ3) is 3.18. The van der Waals surface area contributed by atoms with Gasteiger partial charge in [-0.3, -0.25) is 4.90 Å². The standard InChI is InChI=1S/C15H17IN2S/c16-13-5-3-12(4-6-13)15(14-2-1-11-19-14)18-9-7-17-8-10-18/h1-6,11,15,17H,7-10H2/t15-/m0/s1. The average Bonchev–Trinajstić information content (AvgIpc) is 2.96. The van der Waals surface area contributed by atoms with E-state index in [0.29, 0.717) is 6.04 Å². The predicted molar refractivity (Wildman–Crippen MR) is 89.8 cm³/mol. The fraction of sp³-hybridized carbons (Fsp3) is 0.333. The Balaban J connectivity index is 1.93. The second kappa shape index (κ2) is 6.35. The molecule has 3 rings (SSSR count). The zero-order chi connectivity index (χ0) is 13.1. The number of nitrogens with zero attached hydrogens (tertiary/aromatic N) is 1. The Bertz CT molecular complexity index is 503. The molecule has 4 heteroatoms. The van der Waals surface area contributed by atoms with Crippen LogP contribution in [-0.2, 0) is 0 Å². The third-order valence-corrected chi connectivity index (χ3v) is 5.16. The summed E-state index contributed by atoms with van der Waals surface area (Å²) >= 11 is 4.23. The quantitative estimate of drug-likeness (QED) is 0.817. The zero-order valence-corrected chi connectivity index (χ0v) is 13.7. The van der Waals surface area contributed by atoms with Gasteiger partial charge in [0.2, 0.25) is 0 Å². The summed E-state index contributed by atoms with van der Waals surface area (Å²) in [7, 11) is 0. The normalized spacial score (nSPS) is 18.4. The van der Waals surface area contributed by atoms with Gasteiger partial charge in [0, 0.05) is 34.6 Å². The average molecular weight is 384 g/mol. The molecular weight excluding hydrogens is 367 g/mol. The highest BCUT2D eigenvalue weighted by atomic mass is 127. The Morgan fingerprint density at radius 3 is 2.47 bits per heavy atom. The minimum atomic E-state index is 0.416. The maximum Gasteiger partial charge on any atom is 0.0696 e. The Labute approximate surface area is 132 Å². The van der Waals surface area contributed by atoms with Crippen LogP contribution in [0.3, 0.4) is 0 Å². The maximum absolute atomic E-state index is 3.44. The van der Waals surface area contributed by atoms with E-state index in [1.54, 1.807) is 0 Å². The molecular formula is C15H17IN2S. The second-order valence-electron chi connectivity index (χ2n) is 4.76. The van der Waals surface area contributed by atoms with Gasteiger partial charge in [-0.25, -0.2) is 0 Å². The first-order valence-electron chi connectivity index (χ1n) is 6.58. The fourth-order valence-corrected chi connectivity index (χ4v) is 3.83. The molecule has 2 nitrogen and oxygen atoms in total. The van der Waals surface area contributed by atoms with Crippen LogP contribution in [0.2, 0.25) is 0 Å². The van der Waals surface area contributed by atoms with E-state index in [2.05, 4.69) is 74.6 Å². The van der Waals surface area contributed by atoms with Crippen molar-refractivity contribution in [1.82, 2.24) is 10.2 Å². The topological polar surface area (TPSA) is 15.3 Å². The van der Waals surface area contributed by atoms with Gasteiger partial charge in [0.25, 0.3) is 0 Å². The van der Waals surface area contributed by atoms with Crippen molar-refractivity contribution in [1.29, 1.82) is 0 Å². The molecule has 2 aromatic rings. The van der Waals surface area contributed by atoms with Crippen LogP contribution >= 0.6 is 33.9 Å². The molecule has 2 heterocycles. The lowest BCUT2D eigenvalue weighted by molar-refractivity contribution is 0.200. The van der Waals surface area contributed by atoms with Crippen LogP contribution in [-0.4, -0.2) is 31.1 Å². The molecule has 1 aromatic carbocycles. The first-order chi connectivity index (χ1) is 9.34. The zero-order valence-electron chi connectivity index (χ0n) is 10.7. The van der Waals surface area contributed by atoms with Crippen LogP contribution in [0.15, 0.2) is 41.8 Å². The van der Waals surface area contributed by atoms with Gasteiger partial charge in [-0.2, -0.15) is 0 Å². The highest BCUT2D eigenvalue weighted by molar-refractivity contribution is 14.1. The summed E-state index contributed by atoms with van der Waals surface area (Å²) in [6.45, 7) is 4.42. The number of hydrogen-bond donors (Lipinski definition) is 1. The monoisotopic (exact) mass is 384 g/mol. The number of rotatable bonds is 3. The number of halogens is 1. The van der Waals surface area contributed by atoms with E-state index in [4.69, 9.17) is 0 Å². The van der Waals surface area contributed by atoms with E-state index in [1.165, 1.54) is 14.0 Å². The number of thiophene rings is 1. The molecule has 0 radical (unpaired) electrons. The van der Waals surface area contributed by atoms with Crippen molar-refractivity contribution in [3.05, 3.63) is 55.8 Å². The van der Waals surface area contributed by atoms with E-state index in [9.17, 15) is 0 Å². The summed E-state index contributed by atoms with van der Waals surface area (Å²) in [6, 6.07) is 13.8. The minimum Gasteiger partial charge on any atom is -0.314 e. The van der Waals surface area contributed by atoms with Gasteiger partial charge in [-0.05, 0) is 51.7 Å². The summed E-state index contributed by atoms with van der Waals surface area (Å²) in [6.07, 6.45) is 0. The molecule has 100 valence electrons. The molecule has 1 N–H and O–H groups in total. The van der Waals surface area contributed by atoms with Gasteiger partial charge >= 0.3 is 0 Å². The summed E-state index contributed by atoms with van der Waals surface area (Å²) in [5.41, 5.74) is 1.41. The Kier molecular flexibility index (Phi) is 4.53. The maximum atomic E-state index is 3.44. The largest absolute Gasteiger partial charge is 0.314 e. The predicted octanol–water partition coefficient (Wildman–Crippen LogP) is 3.35. The van der Waals surface area contributed by atoms with Crippen molar-refractivity contribution in [2.45, 2.75) is 6.04 Å². The van der Waals surface area contributed by atoms with E-state index in [1.807, 2.05) is 11.3 Å². The molecule has 0 unspecified atom stereocenters. The molecule has 1 atom stereocenters. The van der Waals surface area contributed by atoms with Gasteiger partial charge in [0.1, 0.15) is 0 Å². The Morgan fingerprint density at radius 1 is 1.11 bits per heavy atom. The third-order valence-electron chi connectivity index (χ3n) is 3.52. The second-order valence-corrected chi connectivity index (χ2v) is 6.98. The number of nitrogens with one attached hydrogen (secondary N) is 1. The van der Waals surface area contributed by atoms with Crippen molar-refractivity contribution < 1.29 is 0 Å². The van der Waals surface area contributed by atoms with Gasteiger partial charge in [0.15, 0.2) is 0 Å². The molecule has 0 amide bonds. The highest BCUT2D eigenvalue weighted by Gasteiger charge is 2.24. The van der Waals surface area contributed by atoms with Crippen molar-refractivity contribution in [2.75, 3.05) is 26.2 Å². The van der Waals surface area contributed by atoms with Crippen LogP contribution in [0, 0.1) is 3.57 Å². The first kappa shape index (κ1) is 13.5. The molecule has 0 bridgehead atoms. The Morgan fingerprint density at radius 2 is 1.84 bits per heavy atom. The van der Waals surface area contributed by atoms with Gasteiger partial charge < -0.3 is 5.32 Å². The first-order valence-corrected chi connectivity index (χ1v) is 8.54. The van der Waals surface area contributed by atoms with E-state index >= 15 is 0 Å². The summed E-state index contributed by atoms with van der Waals surface area (Å²) in [5, 5.41) is 5.61. The lowest BCUT2D eigenvalue weighted by Gasteiger charge is -2.34. The smallest absolute Gasteiger partial charge is 0.0696 e. The molecule has 1 aromatic heterocycles. The van der Waals surface area contributed by atoms with Crippen molar-refractivity contribution in [2.24, 2.45) is 0 Å². The molecule has 0 spiro atoms. The molecule has 0 saturated carbocycles. The summed E-state index contributed by atoms with van der Waals surface area (Å²) in [4.78, 5) is 4.04. The highest BCUT2D eigenvalue weighted by Crippen LogP contribution is 2.32. The molecule has 0 aliphatic carbocycles. The van der Waals surface area contributed by atoms with Crippen molar-refractivity contribution in [3.8, 4) is 0 Å². The van der Waals surface area contributed by atoms with E-state index < -0.39 is 0 Å². The Hall–Kier alpha value is -0.430. The summed E-state index contributed by atoms with van der Waals surface area (Å²) < 4.78 is 1.30. The lowest BCUT2D eigenvalue weighted by Crippen LogP contribution is -2.45. The SMILES string of the molecule is Ic1ccc([C@@H](c2cccs2)N2CCNCC2)cc1. The lowest BCUT2D eigenvalue weighted by atomic mass is 10.0. The van der Waals surface area contributed by atoms with Crippen molar-refractivity contribution >= 4 is 33.9 Å². The molecule has 1 saturated heterocycles. The number of hydrogen-bond acceptors (Lipinski definition) is 3. The van der Waals surface area contributed by atoms with Crippen LogP contribution in [0.5, 0.6) is 0 Å². The van der Waals surface area contributed by atoms with E-state index in [0.717, 1.165) is 26.2 Å². The van der Waals surface area contributed by atoms with E-state index in [-0.39, 0.29) is 0 Å². The summed E-state index contributed by atoms with van der Waals surface area (Å²) in [5.74, 6) is 0. The van der Waals surface area contributed by atoms with Gasteiger partial charge in [0.05, 0.1) is 6.04 Å². The minimum absolute atomic E-state index is 0.416. The van der Waals surface area contributed by atoms with Gasteiger partial charge in [-0.15, -0.1) is 11.3 Å². The molecule has 19 heavy (non-hydrogen) atoms. The van der Waals surface area contributed by atoms with Crippen LogP contribution in [0.25, 0.3) is 0 Å². The number of benzene rings is 1. The van der Waals surface area contributed by atoms with Crippen LogP contribution in [0.1, 0.15) is 16.5 Å². The van der Waals surface area contributed by atoms with Crippen LogP contribution < -0.4 is 5.32 Å². The fourth-order valence-electron chi connectivity index (χ4n) is 2.59. The van der Waals surface area contributed by atoms with Gasteiger partial charge in [-0.1, -0.05) is 18.2 Å². The van der Waals surface area contributed by atoms with Crippen molar-refractivity contribution in [3.63, 3.8) is 0 Å². The van der Waals surface area contributed by atoms with Crippen LogP contribution in [0.4, 0.5) is 0 Å². The molecule has 1 aliphatic rings.